The van der Waals surface area contributed by atoms with Gasteiger partial charge >= 0.3 is 0 Å². The molecule has 1 nitrogen and oxygen atoms in total. The fourth-order valence-electron chi connectivity index (χ4n) is 0.559. The Morgan fingerprint density at radius 2 is 1.80 bits per heavy atom. The average Bonchev–Trinajstić information content (AvgIpc) is 1.98. The Hall–Kier alpha value is -0.980. The van der Waals surface area contributed by atoms with E-state index in [1.807, 2.05) is 19.1 Å². The van der Waals surface area contributed by atoms with E-state index in [-0.39, 0.29) is 0 Å². The highest BCUT2D eigenvalue weighted by molar-refractivity contribution is 5.29. The number of nitrogens with two attached hydrogens (primary N) is 1. The molecule has 0 aromatic rings. The molecular weight excluding hydrogens is 122 g/mol. The average molecular weight is 137 g/mol. The molecule has 0 heterocycles. The van der Waals surface area contributed by atoms with Gasteiger partial charge in [-0.1, -0.05) is 17.7 Å². The van der Waals surface area contributed by atoms with Gasteiger partial charge in [-0.2, -0.15) is 0 Å². The molecule has 0 bridgehead atoms. The summed E-state index contributed by atoms with van der Waals surface area (Å²) in [6.45, 7) is 6.17. The van der Waals surface area contributed by atoms with Crippen LogP contribution in [0.25, 0.3) is 0 Å². The van der Waals surface area contributed by atoms with Crippen LogP contribution in [0, 0.1) is 0 Å². The zero-order chi connectivity index (χ0) is 7.98. The Labute approximate surface area is 62.9 Å². The van der Waals surface area contributed by atoms with Crippen LogP contribution in [-0.4, -0.2) is 0 Å². The van der Waals surface area contributed by atoms with Gasteiger partial charge in [-0.3, -0.25) is 0 Å². The molecule has 0 aliphatic carbocycles. The zero-order valence-corrected chi connectivity index (χ0v) is 6.89. The number of rotatable bonds is 2. The minimum atomic E-state index is 1.25. The summed E-state index contributed by atoms with van der Waals surface area (Å²) in [6, 6.07) is 0. The van der Waals surface area contributed by atoms with E-state index >= 15 is 0 Å². The van der Waals surface area contributed by atoms with Gasteiger partial charge in [0.1, 0.15) is 0 Å². The van der Waals surface area contributed by atoms with Gasteiger partial charge in [0.15, 0.2) is 0 Å². The molecule has 0 unspecified atom stereocenters. The summed E-state index contributed by atoms with van der Waals surface area (Å²) in [5.41, 5.74) is 7.72. The molecule has 0 aromatic carbocycles. The Morgan fingerprint density at radius 3 is 2.20 bits per heavy atom. The third-order valence-electron chi connectivity index (χ3n) is 1.51. The Morgan fingerprint density at radius 1 is 1.20 bits per heavy atom. The van der Waals surface area contributed by atoms with Crippen LogP contribution in [0.1, 0.15) is 20.8 Å². The van der Waals surface area contributed by atoms with Crippen molar-refractivity contribution in [2.45, 2.75) is 20.8 Å². The van der Waals surface area contributed by atoms with E-state index in [2.05, 4.69) is 19.9 Å². The lowest BCUT2D eigenvalue weighted by Crippen LogP contribution is -1.78. The maximum absolute atomic E-state index is 5.17. The van der Waals surface area contributed by atoms with Crippen molar-refractivity contribution >= 4 is 0 Å². The first-order valence-electron chi connectivity index (χ1n) is 3.40. The summed E-state index contributed by atoms with van der Waals surface area (Å²) >= 11 is 0. The van der Waals surface area contributed by atoms with Gasteiger partial charge in [0.25, 0.3) is 0 Å². The van der Waals surface area contributed by atoms with Crippen molar-refractivity contribution in [2.24, 2.45) is 5.73 Å². The van der Waals surface area contributed by atoms with Crippen LogP contribution in [0.3, 0.4) is 0 Å². The van der Waals surface area contributed by atoms with Crippen molar-refractivity contribution in [3.63, 3.8) is 0 Å². The number of hydrogen-bond donors (Lipinski definition) is 1. The van der Waals surface area contributed by atoms with Gasteiger partial charge in [0, 0.05) is 0 Å². The fraction of sp³-hybridized carbons (Fsp3) is 0.333. The summed E-state index contributed by atoms with van der Waals surface area (Å²) in [5.74, 6) is 0. The van der Waals surface area contributed by atoms with Crippen LogP contribution >= 0.6 is 0 Å². The second kappa shape index (κ2) is 4.86. The van der Waals surface area contributed by atoms with Gasteiger partial charge in [-0.05, 0) is 38.6 Å². The first kappa shape index (κ1) is 9.02. The molecule has 0 radical (unpaired) electrons. The molecule has 0 saturated carbocycles. The zero-order valence-electron chi connectivity index (χ0n) is 6.89. The van der Waals surface area contributed by atoms with Crippen molar-refractivity contribution in [3.05, 3.63) is 35.6 Å². The standard InChI is InChI=1S/C9H15N/c1-4-8(2)9(3)6-5-7-10/h4-7H,10H2,1-3H3/b7-5+,8-4-,9-6-. The molecule has 0 atom stereocenters. The van der Waals surface area contributed by atoms with E-state index < -0.39 is 0 Å². The first-order valence-corrected chi connectivity index (χ1v) is 3.40. The summed E-state index contributed by atoms with van der Waals surface area (Å²) in [5, 5.41) is 0. The second-order valence-corrected chi connectivity index (χ2v) is 2.21. The maximum atomic E-state index is 5.17. The summed E-state index contributed by atoms with van der Waals surface area (Å²) < 4.78 is 0. The van der Waals surface area contributed by atoms with Crippen molar-refractivity contribution in [2.75, 3.05) is 0 Å². The fourth-order valence-corrected chi connectivity index (χ4v) is 0.559. The molecule has 0 spiro atoms. The van der Waals surface area contributed by atoms with Gasteiger partial charge in [0.2, 0.25) is 0 Å². The van der Waals surface area contributed by atoms with Crippen LogP contribution < -0.4 is 5.73 Å². The van der Waals surface area contributed by atoms with E-state index in [1.165, 1.54) is 17.3 Å². The summed E-state index contributed by atoms with van der Waals surface area (Å²) in [7, 11) is 0. The third kappa shape index (κ3) is 3.13. The number of allylic oxidation sites excluding steroid dienone is 5. The Balaban J connectivity index is 4.19. The van der Waals surface area contributed by atoms with Crippen molar-refractivity contribution in [1.82, 2.24) is 0 Å². The molecule has 0 rings (SSSR count). The molecule has 0 aromatic heterocycles. The van der Waals surface area contributed by atoms with Crippen LogP contribution in [0.2, 0.25) is 0 Å². The molecule has 0 fully saturated rings. The predicted molar refractivity (Wildman–Crippen MR) is 46.5 cm³/mol. The van der Waals surface area contributed by atoms with Gasteiger partial charge in [-0.15, -0.1) is 0 Å². The van der Waals surface area contributed by atoms with Crippen molar-refractivity contribution in [3.8, 4) is 0 Å². The SMILES string of the molecule is C\C=C(C)/C(C)=C\C=C\N. The smallest absolute Gasteiger partial charge is 0.00623 e. The first-order chi connectivity index (χ1) is 4.72. The number of hydrogen-bond acceptors (Lipinski definition) is 1. The van der Waals surface area contributed by atoms with Gasteiger partial charge in [-0.25, -0.2) is 0 Å². The van der Waals surface area contributed by atoms with Crippen LogP contribution in [0.4, 0.5) is 0 Å². The van der Waals surface area contributed by atoms with E-state index in [4.69, 9.17) is 5.73 Å². The maximum Gasteiger partial charge on any atom is -0.00623 e. The van der Waals surface area contributed by atoms with Gasteiger partial charge < -0.3 is 5.73 Å². The molecule has 2 N–H and O–H groups in total. The lowest BCUT2D eigenvalue weighted by atomic mass is 10.1. The molecule has 10 heavy (non-hydrogen) atoms. The molecule has 0 aliphatic rings. The Bertz CT molecular complexity index is 173. The Kier molecular flexibility index (Phi) is 4.38. The third-order valence-corrected chi connectivity index (χ3v) is 1.51. The molecule has 1 heteroatoms. The molecular formula is C9H15N. The van der Waals surface area contributed by atoms with Gasteiger partial charge in [0.05, 0.1) is 0 Å². The highest BCUT2D eigenvalue weighted by atomic mass is 14.5. The minimum Gasteiger partial charge on any atom is -0.405 e. The molecule has 0 saturated heterocycles. The molecule has 0 amide bonds. The van der Waals surface area contributed by atoms with E-state index in [9.17, 15) is 0 Å². The molecule has 56 valence electrons. The predicted octanol–water partition coefficient (Wildman–Crippen LogP) is 2.37. The normalized spacial score (nSPS) is 14.7. The minimum absolute atomic E-state index is 1.25. The lowest BCUT2D eigenvalue weighted by Gasteiger charge is -1.96. The summed E-state index contributed by atoms with van der Waals surface area (Å²) in [4.78, 5) is 0. The second-order valence-electron chi connectivity index (χ2n) is 2.21. The monoisotopic (exact) mass is 137 g/mol. The van der Waals surface area contributed by atoms with Crippen molar-refractivity contribution in [1.29, 1.82) is 0 Å². The quantitative estimate of drug-likeness (QED) is 0.581. The van der Waals surface area contributed by atoms with E-state index in [0.29, 0.717) is 0 Å². The largest absolute Gasteiger partial charge is 0.405 e. The molecule has 0 aliphatic heterocycles. The highest BCUT2D eigenvalue weighted by Gasteiger charge is 1.86. The topological polar surface area (TPSA) is 26.0 Å². The van der Waals surface area contributed by atoms with Crippen LogP contribution in [-0.2, 0) is 0 Å². The summed E-state index contributed by atoms with van der Waals surface area (Å²) in [6.07, 6.45) is 7.44. The highest BCUT2D eigenvalue weighted by Crippen LogP contribution is 2.06. The van der Waals surface area contributed by atoms with E-state index in [1.54, 1.807) is 0 Å². The van der Waals surface area contributed by atoms with Crippen LogP contribution in [0.15, 0.2) is 35.6 Å². The van der Waals surface area contributed by atoms with E-state index in [0.717, 1.165) is 0 Å². The van der Waals surface area contributed by atoms with Crippen molar-refractivity contribution < 1.29 is 0 Å². The lowest BCUT2D eigenvalue weighted by molar-refractivity contribution is 1.32. The van der Waals surface area contributed by atoms with Crippen LogP contribution in [0.5, 0.6) is 0 Å².